The molecule has 0 radical (unpaired) electrons. The summed E-state index contributed by atoms with van der Waals surface area (Å²) < 4.78 is 5.89. The van der Waals surface area contributed by atoms with Crippen LogP contribution in [0, 0.1) is 0 Å². The van der Waals surface area contributed by atoms with Crippen LogP contribution in [0.4, 0.5) is 5.82 Å². The van der Waals surface area contributed by atoms with Gasteiger partial charge in [0.25, 0.3) is 0 Å². The number of rotatable bonds is 5. The maximum absolute atomic E-state index is 12.0. The Morgan fingerprint density at radius 1 is 1.52 bits per heavy atom. The molecule has 1 saturated heterocycles. The molecule has 7 heteroatoms. The van der Waals surface area contributed by atoms with Crippen LogP contribution in [-0.4, -0.2) is 47.5 Å². The highest BCUT2D eigenvalue weighted by Gasteiger charge is 2.32. The highest BCUT2D eigenvalue weighted by Crippen LogP contribution is 2.18. The minimum absolute atomic E-state index is 0.168. The molecule has 0 aromatic carbocycles. The minimum atomic E-state index is -0.312. The fourth-order valence-corrected chi connectivity index (χ4v) is 2.57. The predicted octanol–water partition coefficient (Wildman–Crippen LogP) is 1.81. The number of anilines is 1. The number of pyridine rings is 1. The second kappa shape index (κ2) is 7.51. The molecule has 1 atom stereocenters. The van der Waals surface area contributed by atoms with Crippen molar-refractivity contribution < 1.29 is 14.3 Å². The van der Waals surface area contributed by atoms with E-state index in [0.717, 1.165) is 23.9 Å². The average Bonchev–Trinajstić information content (AvgIpc) is 2.90. The lowest BCUT2D eigenvalue weighted by Crippen LogP contribution is -2.41. The quantitative estimate of drug-likeness (QED) is 0.815. The first-order valence-corrected chi connectivity index (χ1v) is 7.71. The number of hydrogen-bond acceptors (Lipinski definition) is 5. The Labute approximate surface area is 132 Å². The molecule has 1 aliphatic rings. The zero-order valence-corrected chi connectivity index (χ0v) is 13.4. The number of hydrogen-bond donors (Lipinski definition) is 1. The first-order valence-electron chi connectivity index (χ1n) is 6.92. The van der Waals surface area contributed by atoms with Crippen LogP contribution in [0.5, 0.6) is 0 Å². The minimum Gasteiger partial charge on any atom is -0.465 e. The molecule has 0 saturated carbocycles. The number of halogens is 1. The number of carbonyl (C=O) groups excluding carboxylic acids is 2. The van der Waals surface area contributed by atoms with E-state index in [1.807, 2.05) is 4.90 Å². The van der Waals surface area contributed by atoms with Gasteiger partial charge >= 0.3 is 5.97 Å². The van der Waals surface area contributed by atoms with Crippen LogP contribution in [0.25, 0.3) is 0 Å². The number of carbonyl (C=O) groups is 2. The normalized spacial score (nSPS) is 18.5. The van der Waals surface area contributed by atoms with Crippen molar-refractivity contribution in [3.05, 3.63) is 22.8 Å². The Kier molecular flexibility index (Phi) is 5.69. The fraction of sp³-hybridized carbons (Fsp3) is 0.500. The van der Waals surface area contributed by atoms with E-state index in [1.54, 1.807) is 25.3 Å². The molecule has 2 rings (SSSR count). The summed E-state index contributed by atoms with van der Waals surface area (Å²) in [6, 6.07) is 3.21. The second-order valence-electron chi connectivity index (χ2n) is 4.79. The third-order valence-corrected chi connectivity index (χ3v) is 3.73. The molecule has 114 valence electrons. The number of nitrogens with zero attached hydrogens (tertiary/aromatic N) is 2. The van der Waals surface area contributed by atoms with Gasteiger partial charge in [0.1, 0.15) is 11.9 Å². The summed E-state index contributed by atoms with van der Waals surface area (Å²) in [5.74, 6) is 0.0701. The summed E-state index contributed by atoms with van der Waals surface area (Å²) in [4.78, 5) is 29.8. The van der Waals surface area contributed by atoms with E-state index in [4.69, 9.17) is 4.74 Å². The number of esters is 1. The maximum Gasteiger partial charge on any atom is 0.323 e. The van der Waals surface area contributed by atoms with Crippen LogP contribution in [0.1, 0.15) is 19.8 Å². The van der Waals surface area contributed by atoms with E-state index in [-0.39, 0.29) is 24.5 Å². The van der Waals surface area contributed by atoms with Crippen molar-refractivity contribution in [1.82, 2.24) is 9.88 Å². The first-order chi connectivity index (χ1) is 10.1. The first kappa shape index (κ1) is 15.9. The van der Waals surface area contributed by atoms with E-state index in [2.05, 4.69) is 26.2 Å². The van der Waals surface area contributed by atoms with Crippen LogP contribution >= 0.6 is 15.9 Å². The molecule has 0 bridgehead atoms. The summed E-state index contributed by atoms with van der Waals surface area (Å²) in [6.07, 6.45) is 3.25. The summed E-state index contributed by atoms with van der Waals surface area (Å²) in [5, 5.41) is 2.72. The van der Waals surface area contributed by atoms with Crippen molar-refractivity contribution in [3.8, 4) is 0 Å². The lowest BCUT2D eigenvalue weighted by atomic mass is 10.2. The molecule has 2 heterocycles. The van der Waals surface area contributed by atoms with Crippen LogP contribution < -0.4 is 5.32 Å². The van der Waals surface area contributed by atoms with Gasteiger partial charge in [-0.2, -0.15) is 0 Å². The van der Waals surface area contributed by atoms with Gasteiger partial charge in [-0.1, -0.05) is 0 Å². The van der Waals surface area contributed by atoms with Crippen molar-refractivity contribution in [3.63, 3.8) is 0 Å². The molecule has 0 spiro atoms. The molecule has 1 unspecified atom stereocenters. The number of nitrogens with one attached hydrogen (secondary N) is 1. The van der Waals surface area contributed by atoms with Crippen LogP contribution in [0.3, 0.4) is 0 Å². The molecular formula is C14H18BrN3O3. The maximum atomic E-state index is 12.0. The fourth-order valence-electron chi connectivity index (χ4n) is 2.34. The van der Waals surface area contributed by atoms with Gasteiger partial charge in [0.15, 0.2) is 0 Å². The smallest absolute Gasteiger partial charge is 0.323 e. The highest BCUT2D eigenvalue weighted by molar-refractivity contribution is 9.10. The lowest BCUT2D eigenvalue weighted by molar-refractivity contribution is -0.148. The van der Waals surface area contributed by atoms with Gasteiger partial charge in [0.2, 0.25) is 5.91 Å². The van der Waals surface area contributed by atoms with Crippen LogP contribution in [0.2, 0.25) is 0 Å². The molecule has 6 nitrogen and oxygen atoms in total. The molecule has 1 aromatic rings. The van der Waals surface area contributed by atoms with Gasteiger partial charge in [0.05, 0.1) is 13.2 Å². The van der Waals surface area contributed by atoms with E-state index in [1.165, 1.54) is 0 Å². The molecular weight excluding hydrogens is 338 g/mol. The summed E-state index contributed by atoms with van der Waals surface area (Å²) in [7, 11) is 0. The number of amides is 1. The van der Waals surface area contributed by atoms with E-state index >= 15 is 0 Å². The van der Waals surface area contributed by atoms with E-state index in [0.29, 0.717) is 12.4 Å². The van der Waals surface area contributed by atoms with Crippen molar-refractivity contribution in [1.29, 1.82) is 0 Å². The summed E-state index contributed by atoms with van der Waals surface area (Å²) >= 11 is 3.29. The SMILES string of the molecule is CCOC(=O)C1CCCN1CC(=O)Nc1ccc(Br)cn1. The zero-order valence-electron chi connectivity index (χ0n) is 11.8. The largest absolute Gasteiger partial charge is 0.465 e. The average molecular weight is 356 g/mol. The van der Waals surface area contributed by atoms with Gasteiger partial charge in [-0.3, -0.25) is 14.5 Å². The highest BCUT2D eigenvalue weighted by atomic mass is 79.9. The summed E-state index contributed by atoms with van der Waals surface area (Å²) in [5.41, 5.74) is 0. The molecule has 21 heavy (non-hydrogen) atoms. The van der Waals surface area contributed by atoms with Gasteiger partial charge < -0.3 is 10.1 Å². The molecule has 1 aliphatic heterocycles. The monoisotopic (exact) mass is 355 g/mol. The van der Waals surface area contributed by atoms with Crippen molar-refractivity contribution in [2.45, 2.75) is 25.8 Å². The standard InChI is InChI=1S/C14H18BrN3O3/c1-2-21-14(20)11-4-3-7-18(11)9-13(19)17-12-6-5-10(15)8-16-12/h5-6,8,11H,2-4,7,9H2,1H3,(H,16,17,19). The van der Waals surface area contributed by atoms with E-state index < -0.39 is 0 Å². The van der Waals surface area contributed by atoms with Gasteiger partial charge in [-0.15, -0.1) is 0 Å². The Balaban J connectivity index is 1.89. The predicted molar refractivity (Wildman–Crippen MR) is 81.8 cm³/mol. The molecule has 1 aromatic heterocycles. The van der Waals surface area contributed by atoms with Crippen molar-refractivity contribution in [2.75, 3.05) is 25.0 Å². The van der Waals surface area contributed by atoms with Gasteiger partial charge in [-0.05, 0) is 54.4 Å². The molecule has 1 fully saturated rings. The third kappa shape index (κ3) is 4.50. The molecule has 1 amide bonds. The van der Waals surface area contributed by atoms with Gasteiger partial charge in [0, 0.05) is 10.7 Å². The third-order valence-electron chi connectivity index (χ3n) is 3.26. The van der Waals surface area contributed by atoms with E-state index in [9.17, 15) is 9.59 Å². The zero-order chi connectivity index (χ0) is 15.2. The lowest BCUT2D eigenvalue weighted by Gasteiger charge is -2.21. The van der Waals surface area contributed by atoms with Gasteiger partial charge in [-0.25, -0.2) is 4.98 Å². The Morgan fingerprint density at radius 2 is 2.33 bits per heavy atom. The van der Waals surface area contributed by atoms with Crippen molar-refractivity contribution >= 4 is 33.6 Å². The number of ether oxygens (including phenoxy) is 1. The second-order valence-corrected chi connectivity index (χ2v) is 5.71. The van der Waals surface area contributed by atoms with Crippen LogP contribution in [-0.2, 0) is 14.3 Å². The molecule has 0 aliphatic carbocycles. The Hall–Kier alpha value is -1.47. The van der Waals surface area contributed by atoms with Crippen LogP contribution in [0.15, 0.2) is 22.8 Å². The van der Waals surface area contributed by atoms with Crippen molar-refractivity contribution in [2.24, 2.45) is 0 Å². The Morgan fingerprint density at radius 3 is 3.00 bits per heavy atom. The number of likely N-dealkylation sites (tertiary alicyclic amines) is 1. The Bertz CT molecular complexity index is 507. The molecule has 1 N–H and O–H groups in total. The summed E-state index contributed by atoms with van der Waals surface area (Å²) in [6.45, 7) is 3.03. The topological polar surface area (TPSA) is 71.5 Å². The number of aromatic nitrogens is 1.